The van der Waals surface area contributed by atoms with Crippen LogP contribution < -0.4 is 0 Å². The Kier molecular flexibility index (Phi) is 3.33. The fourth-order valence-corrected chi connectivity index (χ4v) is 3.60. The molecule has 0 unspecified atom stereocenters. The average Bonchev–Trinajstić information content (AvgIpc) is 3.29. The molecule has 2 fully saturated rings. The maximum absolute atomic E-state index is 11.8. The predicted molar refractivity (Wildman–Crippen MR) is 76.8 cm³/mol. The van der Waals surface area contributed by atoms with Gasteiger partial charge in [-0.15, -0.1) is 0 Å². The highest BCUT2D eigenvalue weighted by atomic mass is 16.5. The van der Waals surface area contributed by atoms with Crippen LogP contribution in [0.4, 0.5) is 0 Å². The van der Waals surface area contributed by atoms with Gasteiger partial charge in [-0.05, 0) is 36.8 Å². The van der Waals surface area contributed by atoms with Crippen molar-refractivity contribution in [2.75, 3.05) is 7.11 Å². The van der Waals surface area contributed by atoms with Crippen molar-refractivity contribution in [2.24, 2.45) is 0 Å². The summed E-state index contributed by atoms with van der Waals surface area (Å²) in [7, 11) is 1.75. The molecule has 2 saturated carbocycles. The third-order valence-electron chi connectivity index (χ3n) is 5.17. The molecule has 108 valence electrons. The van der Waals surface area contributed by atoms with E-state index in [0.29, 0.717) is 0 Å². The summed E-state index contributed by atoms with van der Waals surface area (Å²) in [5.41, 5.74) is 1.38. The Hall–Kier alpha value is -1.35. The normalized spacial score (nSPS) is 23.2. The zero-order chi connectivity index (χ0) is 14.2. The second kappa shape index (κ2) is 4.88. The van der Waals surface area contributed by atoms with Crippen LogP contribution in [0.3, 0.4) is 0 Å². The number of carboxylic acids is 1. The van der Waals surface area contributed by atoms with Crippen LogP contribution in [0.5, 0.6) is 0 Å². The molecule has 20 heavy (non-hydrogen) atoms. The lowest BCUT2D eigenvalue weighted by Gasteiger charge is -2.34. The number of rotatable bonds is 4. The molecule has 3 rings (SSSR count). The maximum atomic E-state index is 11.8. The summed E-state index contributed by atoms with van der Waals surface area (Å²) >= 11 is 0. The van der Waals surface area contributed by atoms with Crippen LogP contribution in [-0.4, -0.2) is 18.2 Å². The van der Waals surface area contributed by atoms with Gasteiger partial charge in [0.05, 0.1) is 11.0 Å². The van der Waals surface area contributed by atoms with Crippen LogP contribution in [0.1, 0.15) is 56.1 Å². The number of hydrogen-bond acceptors (Lipinski definition) is 2. The fourth-order valence-electron chi connectivity index (χ4n) is 3.60. The Labute approximate surface area is 120 Å². The Balaban J connectivity index is 1.91. The maximum Gasteiger partial charge on any atom is 0.314 e. The van der Waals surface area contributed by atoms with Gasteiger partial charge in [0, 0.05) is 7.11 Å². The van der Waals surface area contributed by atoms with Crippen molar-refractivity contribution in [2.45, 2.75) is 56.0 Å². The molecule has 0 spiro atoms. The third-order valence-corrected chi connectivity index (χ3v) is 5.17. The topological polar surface area (TPSA) is 46.5 Å². The zero-order valence-electron chi connectivity index (χ0n) is 12.0. The average molecular weight is 274 g/mol. The van der Waals surface area contributed by atoms with Crippen molar-refractivity contribution in [1.29, 1.82) is 0 Å². The van der Waals surface area contributed by atoms with E-state index in [1.807, 2.05) is 12.1 Å². The van der Waals surface area contributed by atoms with Gasteiger partial charge in [-0.1, -0.05) is 43.5 Å². The Bertz CT molecular complexity index is 493. The van der Waals surface area contributed by atoms with Gasteiger partial charge < -0.3 is 9.84 Å². The number of hydrogen-bond donors (Lipinski definition) is 1. The van der Waals surface area contributed by atoms with Crippen LogP contribution in [0.25, 0.3) is 0 Å². The highest BCUT2D eigenvalue weighted by molar-refractivity contribution is 5.81. The first-order valence-corrected chi connectivity index (χ1v) is 7.53. The zero-order valence-corrected chi connectivity index (χ0v) is 12.0. The first-order valence-electron chi connectivity index (χ1n) is 7.53. The lowest BCUT2D eigenvalue weighted by Crippen LogP contribution is -2.37. The molecule has 0 radical (unpaired) electrons. The highest BCUT2D eigenvalue weighted by Crippen LogP contribution is 2.49. The molecule has 1 aromatic carbocycles. The van der Waals surface area contributed by atoms with E-state index in [4.69, 9.17) is 4.74 Å². The van der Waals surface area contributed by atoms with E-state index in [1.54, 1.807) is 7.11 Å². The first kappa shape index (κ1) is 13.6. The molecule has 3 heteroatoms. The monoisotopic (exact) mass is 274 g/mol. The van der Waals surface area contributed by atoms with E-state index >= 15 is 0 Å². The van der Waals surface area contributed by atoms with E-state index in [1.165, 1.54) is 5.56 Å². The second-order valence-corrected chi connectivity index (χ2v) is 6.22. The van der Waals surface area contributed by atoms with Crippen LogP contribution in [0, 0.1) is 0 Å². The van der Waals surface area contributed by atoms with Crippen molar-refractivity contribution in [1.82, 2.24) is 0 Å². The molecule has 3 nitrogen and oxygen atoms in total. The largest absolute Gasteiger partial charge is 0.481 e. The second-order valence-electron chi connectivity index (χ2n) is 6.22. The van der Waals surface area contributed by atoms with Crippen LogP contribution in [0.15, 0.2) is 24.3 Å². The SMILES string of the molecule is COC1(c2ccc(C3(C(=O)O)CCCCC3)cc2)CC1. The standard InChI is InChI=1S/C17H22O3/c1-20-17(11-12-17)14-7-5-13(6-8-14)16(15(18)19)9-3-2-4-10-16/h5-8H,2-4,9-12H2,1H3,(H,18,19). The number of aliphatic carboxylic acids is 1. The van der Waals surface area contributed by atoms with E-state index in [0.717, 1.165) is 50.5 Å². The lowest BCUT2D eigenvalue weighted by molar-refractivity contribution is -0.145. The minimum atomic E-state index is -0.669. The number of benzene rings is 1. The molecule has 0 saturated heterocycles. The molecule has 0 heterocycles. The summed E-state index contributed by atoms with van der Waals surface area (Å²) in [5, 5.41) is 9.71. The van der Waals surface area contributed by atoms with Gasteiger partial charge in [0.2, 0.25) is 0 Å². The summed E-state index contributed by atoms with van der Waals surface area (Å²) in [6.07, 6.45) is 6.82. The molecule has 0 bridgehead atoms. The van der Waals surface area contributed by atoms with Crippen LogP contribution >= 0.6 is 0 Å². The number of carboxylic acid groups (broad SMARTS) is 1. The number of carbonyl (C=O) groups is 1. The van der Waals surface area contributed by atoms with Gasteiger partial charge in [-0.25, -0.2) is 0 Å². The summed E-state index contributed by atoms with van der Waals surface area (Å²) in [6.45, 7) is 0. The van der Waals surface area contributed by atoms with Crippen molar-refractivity contribution in [3.05, 3.63) is 35.4 Å². The van der Waals surface area contributed by atoms with Gasteiger partial charge in [-0.2, -0.15) is 0 Å². The van der Waals surface area contributed by atoms with E-state index in [-0.39, 0.29) is 5.60 Å². The molecule has 0 aromatic heterocycles. The van der Waals surface area contributed by atoms with Crippen molar-refractivity contribution < 1.29 is 14.6 Å². The van der Waals surface area contributed by atoms with Gasteiger partial charge >= 0.3 is 5.97 Å². The minimum absolute atomic E-state index is 0.0958. The lowest BCUT2D eigenvalue weighted by atomic mass is 9.69. The molecule has 2 aliphatic rings. The van der Waals surface area contributed by atoms with E-state index in [9.17, 15) is 9.90 Å². The third kappa shape index (κ3) is 2.05. The predicted octanol–water partition coefficient (Wildman–Crippen LogP) is 3.61. The van der Waals surface area contributed by atoms with Gasteiger partial charge in [-0.3, -0.25) is 4.79 Å². The van der Waals surface area contributed by atoms with Crippen molar-refractivity contribution >= 4 is 5.97 Å². The summed E-state index contributed by atoms with van der Waals surface area (Å²) < 4.78 is 5.58. The van der Waals surface area contributed by atoms with Gasteiger partial charge in [0.1, 0.15) is 0 Å². The van der Waals surface area contributed by atoms with Crippen molar-refractivity contribution in [3.63, 3.8) is 0 Å². The summed E-state index contributed by atoms with van der Waals surface area (Å²) in [4.78, 5) is 11.8. The summed E-state index contributed by atoms with van der Waals surface area (Å²) in [6, 6.07) is 8.14. The van der Waals surface area contributed by atoms with E-state index < -0.39 is 11.4 Å². The molecular weight excluding hydrogens is 252 g/mol. The van der Waals surface area contributed by atoms with Gasteiger partial charge in [0.25, 0.3) is 0 Å². The molecule has 0 amide bonds. The van der Waals surface area contributed by atoms with Gasteiger partial charge in [0.15, 0.2) is 0 Å². The fraction of sp³-hybridized carbons (Fsp3) is 0.588. The Morgan fingerprint density at radius 1 is 1.00 bits per heavy atom. The molecule has 1 aromatic rings. The Morgan fingerprint density at radius 2 is 1.55 bits per heavy atom. The minimum Gasteiger partial charge on any atom is -0.481 e. The molecular formula is C17H22O3. The molecule has 0 aliphatic heterocycles. The van der Waals surface area contributed by atoms with Crippen molar-refractivity contribution in [3.8, 4) is 0 Å². The van der Waals surface area contributed by atoms with Crippen LogP contribution in [0.2, 0.25) is 0 Å². The molecule has 1 N–H and O–H groups in total. The number of methoxy groups -OCH3 is 1. The molecule has 2 aliphatic carbocycles. The number of ether oxygens (including phenoxy) is 1. The highest BCUT2D eigenvalue weighted by Gasteiger charge is 2.45. The Morgan fingerprint density at radius 3 is 2.00 bits per heavy atom. The smallest absolute Gasteiger partial charge is 0.314 e. The first-order chi connectivity index (χ1) is 9.63. The van der Waals surface area contributed by atoms with E-state index in [2.05, 4.69) is 12.1 Å². The molecule has 0 atom stereocenters. The van der Waals surface area contributed by atoms with Crippen LogP contribution in [-0.2, 0) is 20.5 Å². The summed E-state index contributed by atoms with van der Waals surface area (Å²) in [5.74, 6) is -0.669. The quantitative estimate of drug-likeness (QED) is 0.912.